The van der Waals surface area contributed by atoms with E-state index in [2.05, 4.69) is 17.2 Å². The maximum absolute atomic E-state index is 5.52. The van der Waals surface area contributed by atoms with Gasteiger partial charge in [0, 0.05) is 11.8 Å². The number of hydrogen-bond donors (Lipinski definition) is 1. The number of nitrogens with zero attached hydrogens (tertiary/aromatic N) is 1. The van der Waals surface area contributed by atoms with Gasteiger partial charge in [-0.2, -0.15) is 0 Å². The summed E-state index contributed by atoms with van der Waals surface area (Å²) in [4.78, 5) is 4.51. The zero-order valence-electron chi connectivity index (χ0n) is 9.07. The van der Waals surface area contributed by atoms with Gasteiger partial charge in [-0.15, -0.1) is 0 Å². The molecule has 2 atom stereocenters. The van der Waals surface area contributed by atoms with E-state index < -0.39 is 0 Å². The predicted molar refractivity (Wildman–Crippen MR) is 62.5 cm³/mol. The summed E-state index contributed by atoms with van der Waals surface area (Å²) in [6.45, 7) is 5.01. The van der Waals surface area contributed by atoms with Crippen molar-refractivity contribution >= 4 is 16.9 Å². The molecule has 2 aliphatic rings. The van der Waals surface area contributed by atoms with Crippen LogP contribution in [0.3, 0.4) is 0 Å². The third-order valence-electron chi connectivity index (χ3n) is 2.57. The Morgan fingerprint density at radius 1 is 1.53 bits per heavy atom. The largest absolute Gasteiger partial charge is 0.376 e. The van der Waals surface area contributed by atoms with Crippen molar-refractivity contribution in [2.45, 2.75) is 25.5 Å². The highest BCUT2D eigenvalue weighted by Crippen LogP contribution is 2.15. The van der Waals surface area contributed by atoms with E-state index in [0.717, 1.165) is 23.9 Å². The van der Waals surface area contributed by atoms with Gasteiger partial charge in [-0.1, -0.05) is 18.7 Å². The molecule has 0 spiro atoms. The van der Waals surface area contributed by atoms with Crippen LogP contribution in [0.1, 0.15) is 13.3 Å². The summed E-state index contributed by atoms with van der Waals surface area (Å²) < 4.78 is 10.8. The minimum absolute atomic E-state index is 0.148. The standard InChI is InChI=1S/C10H18N2O2S/c1-2-8-7-15-10(12-8)11-5-9-6-13-3-4-14-9/h8-9H,2-7H2,1H3,(H,11,12). The van der Waals surface area contributed by atoms with E-state index in [4.69, 9.17) is 9.47 Å². The summed E-state index contributed by atoms with van der Waals surface area (Å²) >= 11 is 1.81. The van der Waals surface area contributed by atoms with Crippen LogP contribution in [0.15, 0.2) is 4.99 Å². The van der Waals surface area contributed by atoms with Crippen LogP contribution in [0.2, 0.25) is 0 Å². The molecule has 0 aromatic carbocycles. The van der Waals surface area contributed by atoms with Gasteiger partial charge in [0.25, 0.3) is 0 Å². The van der Waals surface area contributed by atoms with E-state index in [1.807, 2.05) is 0 Å². The van der Waals surface area contributed by atoms with Crippen molar-refractivity contribution in [3.05, 3.63) is 0 Å². The molecule has 86 valence electrons. The first-order valence-electron chi connectivity index (χ1n) is 5.51. The average molecular weight is 230 g/mol. The number of nitrogens with one attached hydrogen (secondary N) is 1. The van der Waals surface area contributed by atoms with E-state index in [-0.39, 0.29) is 6.10 Å². The third-order valence-corrected chi connectivity index (χ3v) is 3.65. The lowest BCUT2D eigenvalue weighted by molar-refractivity contribution is -0.0832. The molecule has 0 aliphatic carbocycles. The summed E-state index contributed by atoms with van der Waals surface area (Å²) in [5.41, 5.74) is 0. The van der Waals surface area contributed by atoms with Gasteiger partial charge in [-0.3, -0.25) is 4.99 Å². The molecule has 15 heavy (non-hydrogen) atoms. The second-order valence-electron chi connectivity index (χ2n) is 3.77. The zero-order valence-corrected chi connectivity index (χ0v) is 9.89. The number of aliphatic imine (C=N–C) groups is 1. The molecule has 2 saturated heterocycles. The number of ether oxygens (including phenoxy) is 2. The molecule has 2 rings (SSSR count). The minimum atomic E-state index is 0.148. The average Bonchev–Trinajstić information content (AvgIpc) is 2.76. The predicted octanol–water partition coefficient (Wildman–Crippen LogP) is 0.873. The van der Waals surface area contributed by atoms with Crippen LogP contribution in [0.5, 0.6) is 0 Å². The molecule has 0 aromatic rings. The van der Waals surface area contributed by atoms with E-state index in [1.54, 1.807) is 11.8 Å². The van der Waals surface area contributed by atoms with Crippen molar-refractivity contribution in [3.8, 4) is 0 Å². The first-order valence-corrected chi connectivity index (χ1v) is 6.50. The molecule has 2 unspecified atom stereocenters. The zero-order chi connectivity index (χ0) is 10.5. The maximum atomic E-state index is 5.52. The molecule has 2 heterocycles. The van der Waals surface area contributed by atoms with Gasteiger partial charge in [-0.25, -0.2) is 0 Å². The Bertz CT molecular complexity index is 229. The van der Waals surface area contributed by atoms with Crippen LogP contribution in [0, 0.1) is 0 Å². The lowest BCUT2D eigenvalue weighted by atomic mass is 10.3. The first-order chi connectivity index (χ1) is 7.38. The van der Waals surface area contributed by atoms with Gasteiger partial charge < -0.3 is 14.8 Å². The lowest BCUT2D eigenvalue weighted by Crippen LogP contribution is -2.32. The second kappa shape index (κ2) is 5.72. The Balaban J connectivity index is 1.73. The van der Waals surface area contributed by atoms with Crippen LogP contribution in [-0.4, -0.2) is 49.4 Å². The van der Waals surface area contributed by atoms with Crippen molar-refractivity contribution in [2.24, 2.45) is 4.99 Å². The van der Waals surface area contributed by atoms with Crippen molar-refractivity contribution in [1.29, 1.82) is 0 Å². The molecule has 0 radical (unpaired) electrons. The summed E-state index contributed by atoms with van der Waals surface area (Å²) in [7, 11) is 0. The van der Waals surface area contributed by atoms with Gasteiger partial charge in [0.1, 0.15) is 6.10 Å². The monoisotopic (exact) mass is 230 g/mol. The van der Waals surface area contributed by atoms with Crippen LogP contribution in [0.4, 0.5) is 0 Å². The Hall–Kier alpha value is -0.260. The Kier molecular flexibility index (Phi) is 4.29. The van der Waals surface area contributed by atoms with Gasteiger partial charge in [0.2, 0.25) is 0 Å². The number of rotatable bonds is 3. The summed E-state index contributed by atoms with van der Waals surface area (Å²) in [6.07, 6.45) is 1.31. The molecule has 5 heteroatoms. The van der Waals surface area contributed by atoms with Crippen molar-refractivity contribution in [3.63, 3.8) is 0 Å². The van der Waals surface area contributed by atoms with E-state index >= 15 is 0 Å². The highest BCUT2D eigenvalue weighted by atomic mass is 32.2. The van der Waals surface area contributed by atoms with Gasteiger partial charge in [-0.05, 0) is 6.42 Å². The molecule has 0 bridgehead atoms. The fourth-order valence-corrected chi connectivity index (χ4v) is 2.67. The van der Waals surface area contributed by atoms with Gasteiger partial charge in [0.15, 0.2) is 5.17 Å². The number of hydrogen-bond acceptors (Lipinski definition) is 4. The summed E-state index contributed by atoms with van der Waals surface area (Å²) in [6, 6.07) is 0.595. The molecular formula is C10H18N2O2S. The summed E-state index contributed by atoms with van der Waals surface area (Å²) in [5, 5.41) is 4.46. The smallest absolute Gasteiger partial charge is 0.156 e. The van der Waals surface area contributed by atoms with E-state index in [1.165, 1.54) is 0 Å². The lowest BCUT2D eigenvalue weighted by Gasteiger charge is -2.21. The SMILES string of the molecule is CCC1CSC(=NCC2COCCO2)N1. The Labute approximate surface area is 94.8 Å². The molecule has 0 aromatic heterocycles. The van der Waals surface area contributed by atoms with Crippen LogP contribution < -0.4 is 5.32 Å². The molecule has 1 N–H and O–H groups in total. The molecular weight excluding hydrogens is 212 g/mol. The van der Waals surface area contributed by atoms with Crippen molar-refractivity contribution < 1.29 is 9.47 Å². The quantitative estimate of drug-likeness (QED) is 0.781. The maximum Gasteiger partial charge on any atom is 0.156 e. The normalized spacial score (nSPS) is 34.3. The number of amidine groups is 1. The summed E-state index contributed by atoms with van der Waals surface area (Å²) in [5.74, 6) is 1.14. The highest BCUT2D eigenvalue weighted by molar-refractivity contribution is 8.14. The topological polar surface area (TPSA) is 42.9 Å². The van der Waals surface area contributed by atoms with Crippen molar-refractivity contribution in [2.75, 3.05) is 32.1 Å². The van der Waals surface area contributed by atoms with Gasteiger partial charge in [0.05, 0.1) is 26.4 Å². The fourth-order valence-electron chi connectivity index (χ4n) is 1.58. The van der Waals surface area contributed by atoms with Crippen LogP contribution >= 0.6 is 11.8 Å². The first kappa shape index (κ1) is 11.2. The van der Waals surface area contributed by atoms with E-state index in [0.29, 0.717) is 25.8 Å². The third kappa shape index (κ3) is 3.36. The molecule has 2 fully saturated rings. The van der Waals surface area contributed by atoms with E-state index in [9.17, 15) is 0 Å². The molecule has 2 aliphatic heterocycles. The fraction of sp³-hybridized carbons (Fsp3) is 0.900. The van der Waals surface area contributed by atoms with Crippen LogP contribution in [-0.2, 0) is 9.47 Å². The second-order valence-corrected chi connectivity index (χ2v) is 4.78. The Morgan fingerprint density at radius 3 is 3.13 bits per heavy atom. The van der Waals surface area contributed by atoms with Crippen molar-refractivity contribution in [1.82, 2.24) is 5.32 Å². The molecule has 0 saturated carbocycles. The number of thioether (sulfide) groups is 1. The molecule has 4 nitrogen and oxygen atoms in total. The van der Waals surface area contributed by atoms with Gasteiger partial charge >= 0.3 is 0 Å². The highest BCUT2D eigenvalue weighted by Gasteiger charge is 2.19. The molecule has 0 amide bonds. The minimum Gasteiger partial charge on any atom is -0.376 e. The Morgan fingerprint density at radius 2 is 2.47 bits per heavy atom. The van der Waals surface area contributed by atoms with Crippen LogP contribution in [0.25, 0.3) is 0 Å².